The van der Waals surface area contributed by atoms with Gasteiger partial charge in [0.2, 0.25) is 5.91 Å². The fraction of sp³-hybridized carbons (Fsp3) is 0.467. The Morgan fingerprint density at radius 3 is 2.62 bits per heavy atom. The molecule has 1 aromatic rings. The number of benzene rings is 1. The van der Waals surface area contributed by atoms with Crippen molar-refractivity contribution >= 4 is 17.5 Å². The Balaban J connectivity index is 1.95. The molecule has 0 aromatic heterocycles. The summed E-state index contributed by atoms with van der Waals surface area (Å²) < 4.78 is 18.7. The molecule has 1 aliphatic carbocycles. The number of hydrogen-bond donors (Lipinski definition) is 1. The number of ether oxygens (including phenoxy) is 1. The van der Waals surface area contributed by atoms with E-state index in [0.29, 0.717) is 18.5 Å². The van der Waals surface area contributed by atoms with Crippen LogP contribution in [0.5, 0.6) is 5.75 Å². The summed E-state index contributed by atoms with van der Waals surface area (Å²) in [5.41, 5.74) is -0.412. The molecule has 1 spiro atoms. The number of piperazine rings is 1. The lowest BCUT2D eigenvalue weighted by Gasteiger charge is -2.39. The van der Waals surface area contributed by atoms with E-state index < -0.39 is 11.4 Å². The van der Waals surface area contributed by atoms with Crippen LogP contribution in [0.25, 0.3) is 0 Å². The third-order valence-corrected chi connectivity index (χ3v) is 4.24. The van der Waals surface area contributed by atoms with E-state index >= 15 is 0 Å². The summed E-state index contributed by atoms with van der Waals surface area (Å²) in [4.78, 5) is 26.0. The van der Waals surface area contributed by atoms with E-state index in [-0.39, 0.29) is 24.1 Å². The van der Waals surface area contributed by atoms with Crippen LogP contribution in [-0.2, 0) is 9.59 Å². The van der Waals surface area contributed by atoms with Crippen LogP contribution in [0.3, 0.4) is 0 Å². The van der Waals surface area contributed by atoms with Gasteiger partial charge in [0.15, 0.2) is 11.6 Å². The van der Waals surface area contributed by atoms with Gasteiger partial charge in [-0.05, 0) is 25.0 Å². The maximum absolute atomic E-state index is 13.8. The molecule has 2 aliphatic rings. The number of carbonyl (C=O) groups excluding carboxylic acids is 2. The van der Waals surface area contributed by atoms with Crippen molar-refractivity contribution in [2.24, 2.45) is 0 Å². The summed E-state index contributed by atoms with van der Waals surface area (Å²) in [6.45, 7) is -0.0770. The van der Waals surface area contributed by atoms with E-state index in [9.17, 15) is 14.0 Å². The molecule has 1 N–H and O–H groups in total. The number of amides is 2. The molecule has 1 saturated heterocycles. The second-order valence-electron chi connectivity index (χ2n) is 5.55. The summed E-state index contributed by atoms with van der Waals surface area (Å²) >= 11 is 0. The van der Waals surface area contributed by atoms with E-state index in [0.717, 1.165) is 12.8 Å². The lowest BCUT2D eigenvalue weighted by Crippen LogP contribution is -2.65. The first-order chi connectivity index (χ1) is 10.1. The number of nitrogens with zero attached hydrogens (tertiary/aromatic N) is 1. The Bertz CT molecular complexity index is 597. The van der Waals surface area contributed by atoms with Gasteiger partial charge in [0.25, 0.3) is 5.91 Å². The molecule has 0 unspecified atom stereocenters. The van der Waals surface area contributed by atoms with Gasteiger partial charge >= 0.3 is 0 Å². The highest BCUT2D eigenvalue weighted by Crippen LogP contribution is 2.35. The third kappa shape index (κ3) is 2.24. The van der Waals surface area contributed by atoms with Crippen molar-refractivity contribution in [2.75, 3.05) is 18.6 Å². The Morgan fingerprint density at radius 1 is 1.29 bits per heavy atom. The molecule has 2 fully saturated rings. The summed E-state index contributed by atoms with van der Waals surface area (Å²) in [5.74, 6) is -0.783. The van der Waals surface area contributed by atoms with Gasteiger partial charge in [-0.15, -0.1) is 0 Å². The van der Waals surface area contributed by atoms with Crippen LogP contribution in [0.2, 0.25) is 0 Å². The highest BCUT2D eigenvalue weighted by molar-refractivity contribution is 6.09. The van der Waals surface area contributed by atoms with Crippen molar-refractivity contribution in [2.45, 2.75) is 31.2 Å². The summed E-state index contributed by atoms with van der Waals surface area (Å²) in [6.07, 6.45) is 3.12. The molecule has 1 saturated carbocycles. The number of hydrogen-bond acceptors (Lipinski definition) is 3. The zero-order chi connectivity index (χ0) is 15.0. The second kappa shape index (κ2) is 5.02. The van der Waals surface area contributed by atoms with Crippen molar-refractivity contribution in [3.05, 3.63) is 24.0 Å². The Labute approximate surface area is 122 Å². The van der Waals surface area contributed by atoms with Crippen LogP contribution < -0.4 is 15.0 Å². The minimum absolute atomic E-state index is 0.0770. The molecular formula is C15H17FN2O3. The number of rotatable bonds is 2. The molecule has 0 radical (unpaired) electrons. The van der Waals surface area contributed by atoms with Gasteiger partial charge in [0.1, 0.15) is 12.1 Å². The lowest BCUT2D eigenvalue weighted by atomic mass is 9.92. The van der Waals surface area contributed by atoms with Crippen molar-refractivity contribution < 1.29 is 18.7 Å². The highest BCUT2D eigenvalue weighted by atomic mass is 19.1. The maximum Gasteiger partial charge on any atom is 0.253 e. The van der Waals surface area contributed by atoms with Crippen molar-refractivity contribution in [1.82, 2.24) is 5.32 Å². The molecule has 1 aromatic carbocycles. The Kier molecular flexibility index (Phi) is 3.31. The highest BCUT2D eigenvalue weighted by Gasteiger charge is 2.48. The van der Waals surface area contributed by atoms with E-state index in [1.807, 2.05) is 0 Å². The van der Waals surface area contributed by atoms with Gasteiger partial charge in [0, 0.05) is 11.8 Å². The average Bonchev–Trinajstić information content (AvgIpc) is 2.92. The van der Waals surface area contributed by atoms with E-state index in [2.05, 4.69) is 5.32 Å². The molecule has 1 heterocycles. The molecule has 2 amide bonds. The van der Waals surface area contributed by atoms with Gasteiger partial charge in [-0.25, -0.2) is 4.39 Å². The zero-order valence-corrected chi connectivity index (χ0v) is 11.8. The van der Waals surface area contributed by atoms with Gasteiger partial charge in [-0.1, -0.05) is 12.8 Å². The van der Waals surface area contributed by atoms with Crippen molar-refractivity contribution in [3.8, 4) is 5.75 Å². The fourth-order valence-electron chi connectivity index (χ4n) is 3.18. The molecular weight excluding hydrogens is 275 g/mol. The number of halogens is 1. The predicted molar refractivity (Wildman–Crippen MR) is 74.6 cm³/mol. The van der Waals surface area contributed by atoms with Crippen LogP contribution >= 0.6 is 0 Å². The van der Waals surface area contributed by atoms with Crippen LogP contribution in [0, 0.1) is 5.82 Å². The standard InChI is InChI=1S/C15H17FN2O3/c1-21-12-5-4-10(8-11(12)16)18-9-13(19)17-15(14(18)20)6-2-3-7-15/h4-5,8H,2-3,6-7,9H2,1H3,(H,17,19). The number of carbonyl (C=O) groups is 2. The largest absolute Gasteiger partial charge is 0.494 e. The fourth-order valence-corrected chi connectivity index (χ4v) is 3.18. The van der Waals surface area contributed by atoms with Gasteiger partial charge < -0.3 is 15.0 Å². The second-order valence-corrected chi connectivity index (χ2v) is 5.55. The number of anilines is 1. The van der Waals surface area contributed by atoms with E-state index in [4.69, 9.17) is 4.74 Å². The molecule has 6 heteroatoms. The normalized spacial score (nSPS) is 20.8. The first-order valence-corrected chi connectivity index (χ1v) is 7.02. The Morgan fingerprint density at radius 2 is 2.00 bits per heavy atom. The number of methoxy groups -OCH3 is 1. The molecule has 21 heavy (non-hydrogen) atoms. The van der Waals surface area contributed by atoms with Gasteiger partial charge in [-0.3, -0.25) is 9.59 Å². The molecule has 1 aliphatic heterocycles. The van der Waals surface area contributed by atoms with Gasteiger partial charge in [-0.2, -0.15) is 0 Å². The smallest absolute Gasteiger partial charge is 0.253 e. The monoisotopic (exact) mass is 292 g/mol. The minimum Gasteiger partial charge on any atom is -0.494 e. The summed E-state index contributed by atoms with van der Waals surface area (Å²) in [6, 6.07) is 4.30. The third-order valence-electron chi connectivity index (χ3n) is 4.24. The summed E-state index contributed by atoms with van der Waals surface area (Å²) in [5, 5.41) is 2.83. The first-order valence-electron chi connectivity index (χ1n) is 7.02. The molecule has 5 nitrogen and oxygen atoms in total. The molecule has 112 valence electrons. The first kappa shape index (κ1) is 13.9. The van der Waals surface area contributed by atoms with E-state index in [1.165, 1.54) is 24.1 Å². The predicted octanol–water partition coefficient (Wildman–Crippen LogP) is 1.61. The van der Waals surface area contributed by atoms with Crippen molar-refractivity contribution in [3.63, 3.8) is 0 Å². The van der Waals surface area contributed by atoms with Crippen LogP contribution in [0.4, 0.5) is 10.1 Å². The average molecular weight is 292 g/mol. The van der Waals surface area contributed by atoms with Crippen molar-refractivity contribution in [1.29, 1.82) is 0 Å². The lowest BCUT2D eigenvalue weighted by molar-refractivity contribution is -0.135. The van der Waals surface area contributed by atoms with E-state index in [1.54, 1.807) is 6.07 Å². The van der Waals surface area contributed by atoms with Gasteiger partial charge in [0.05, 0.1) is 7.11 Å². The minimum atomic E-state index is -0.800. The number of nitrogens with one attached hydrogen (secondary N) is 1. The molecule has 0 atom stereocenters. The zero-order valence-electron chi connectivity index (χ0n) is 11.8. The quantitative estimate of drug-likeness (QED) is 0.901. The van der Waals surface area contributed by atoms with Crippen LogP contribution in [0.15, 0.2) is 18.2 Å². The SMILES string of the molecule is COc1ccc(N2CC(=O)NC3(CCCC3)C2=O)cc1F. The Hall–Kier alpha value is -2.11. The topological polar surface area (TPSA) is 58.6 Å². The maximum atomic E-state index is 13.8. The van der Waals surface area contributed by atoms with Crippen LogP contribution in [-0.4, -0.2) is 31.0 Å². The van der Waals surface area contributed by atoms with Crippen LogP contribution in [0.1, 0.15) is 25.7 Å². The molecule has 3 rings (SSSR count). The summed E-state index contributed by atoms with van der Waals surface area (Å²) in [7, 11) is 1.38. The molecule has 0 bridgehead atoms.